The minimum Gasteiger partial charge on any atom is -0.454 e. The number of ether oxygens (including phenoxy) is 1. The van der Waals surface area contributed by atoms with Gasteiger partial charge in [0.25, 0.3) is 0 Å². The van der Waals surface area contributed by atoms with Gasteiger partial charge < -0.3 is 4.74 Å². The Morgan fingerprint density at radius 1 is 0.778 bits per heavy atom. The van der Waals surface area contributed by atoms with Gasteiger partial charge in [0, 0.05) is 8.95 Å². The molecule has 0 saturated heterocycles. The van der Waals surface area contributed by atoms with E-state index >= 15 is 0 Å². The van der Waals surface area contributed by atoms with Crippen LogP contribution in [0, 0.1) is 0 Å². The van der Waals surface area contributed by atoms with Gasteiger partial charge in [0.15, 0.2) is 5.75 Å². The van der Waals surface area contributed by atoms with Crippen LogP contribution in [-0.4, -0.2) is 0 Å². The van der Waals surface area contributed by atoms with E-state index in [0.717, 1.165) is 33.9 Å². The summed E-state index contributed by atoms with van der Waals surface area (Å²) in [5.74, 6) is 1.46. The predicted molar refractivity (Wildman–Crippen MR) is 91.5 cm³/mol. The SMILES string of the molecule is Brc1cc(Br)c(Br)c(Oc2c(Br)cccc2Br)c1. The standard InChI is InChI=1S/C12H5Br5O/c13-6-4-9(16)11(17)10(5-6)18-12-7(14)2-1-3-8(12)15/h1-5H. The smallest absolute Gasteiger partial charge is 0.155 e. The summed E-state index contributed by atoms with van der Waals surface area (Å²) in [6.07, 6.45) is 0. The molecule has 0 aliphatic heterocycles. The molecule has 0 aliphatic carbocycles. The molecule has 0 atom stereocenters. The van der Waals surface area contributed by atoms with Crippen molar-refractivity contribution in [2.24, 2.45) is 0 Å². The molecule has 0 unspecified atom stereocenters. The lowest BCUT2D eigenvalue weighted by atomic mass is 10.3. The summed E-state index contributed by atoms with van der Waals surface area (Å²) in [6, 6.07) is 9.65. The summed E-state index contributed by atoms with van der Waals surface area (Å²) in [4.78, 5) is 0. The first-order valence-electron chi connectivity index (χ1n) is 4.75. The molecule has 0 bridgehead atoms. The fraction of sp³-hybridized carbons (Fsp3) is 0. The van der Waals surface area contributed by atoms with Crippen molar-refractivity contribution < 1.29 is 4.74 Å². The lowest BCUT2D eigenvalue weighted by Crippen LogP contribution is -1.89. The molecular formula is C12H5Br5O. The molecule has 1 nitrogen and oxygen atoms in total. The Hall–Kier alpha value is 0.640. The highest BCUT2D eigenvalue weighted by Crippen LogP contribution is 2.42. The molecule has 0 N–H and O–H groups in total. The van der Waals surface area contributed by atoms with Gasteiger partial charge in [-0.25, -0.2) is 0 Å². The molecule has 6 heteroatoms. The quantitative estimate of drug-likeness (QED) is 0.348. The molecule has 2 aromatic carbocycles. The highest BCUT2D eigenvalue weighted by atomic mass is 79.9. The molecule has 0 spiro atoms. The van der Waals surface area contributed by atoms with Crippen LogP contribution in [0.2, 0.25) is 0 Å². The van der Waals surface area contributed by atoms with Crippen LogP contribution in [0.1, 0.15) is 0 Å². The van der Waals surface area contributed by atoms with E-state index in [1.807, 2.05) is 30.3 Å². The largest absolute Gasteiger partial charge is 0.454 e. The van der Waals surface area contributed by atoms with Crippen molar-refractivity contribution in [3.63, 3.8) is 0 Å². The van der Waals surface area contributed by atoms with Crippen molar-refractivity contribution in [1.29, 1.82) is 0 Å². The van der Waals surface area contributed by atoms with Gasteiger partial charge in [-0.15, -0.1) is 0 Å². The molecule has 0 fully saturated rings. The molecule has 0 saturated carbocycles. The highest BCUT2D eigenvalue weighted by molar-refractivity contribution is 9.13. The second kappa shape index (κ2) is 6.39. The van der Waals surface area contributed by atoms with Gasteiger partial charge in [-0.1, -0.05) is 22.0 Å². The Balaban J connectivity index is 2.46. The molecule has 0 aromatic heterocycles. The van der Waals surface area contributed by atoms with Crippen LogP contribution in [0.5, 0.6) is 11.5 Å². The Bertz CT molecular complexity index is 577. The van der Waals surface area contributed by atoms with E-state index in [1.165, 1.54) is 0 Å². The van der Waals surface area contributed by atoms with Gasteiger partial charge in [-0.2, -0.15) is 0 Å². The van der Waals surface area contributed by atoms with Crippen LogP contribution in [0.15, 0.2) is 52.7 Å². The number of para-hydroxylation sites is 1. The average Bonchev–Trinajstić information content (AvgIpc) is 2.30. The number of hydrogen-bond donors (Lipinski definition) is 0. The number of rotatable bonds is 2. The maximum atomic E-state index is 5.93. The second-order valence-electron chi connectivity index (χ2n) is 3.35. The van der Waals surface area contributed by atoms with E-state index in [1.54, 1.807) is 0 Å². The second-order valence-corrected chi connectivity index (χ2v) is 7.62. The van der Waals surface area contributed by atoms with Crippen molar-refractivity contribution in [2.45, 2.75) is 0 Å². The minimum absolute atomic E-state index is 0.726. The zero-order chi connectivity index (χ0) is 13.3. The van der Waals surface area contributed by atoms with E-state index in [2.05, 4.69) is 79.6 Å². The topological polar surface area (TPSA) is 9.23 Å². The average molecular weight is 565 g/mol. The molecule has 0 heterocycles. The summed E-state index contributed by atoms with van der Waals surface area (Å²) < 4.78 is 10.4. The Kier molecular flexibility index (Phi) is 5.34. The third kappa shape index (κ3) is 3.39. The number of halogens is 5. The van der Waals surface area contributed by atoms with Gasteiger partial charge >= 0.3 is 0 Å². The summed E-state index contributed by atoms with van der Waals surface area (Å²) in [5, 5.41) is 0. The van der Waals surface area contributed by atoms with E-state index in [4.69, 9.17) is 4.74 Å². The molecule has 2 aromatic rings. The van der Waals surface area contributed by atoms with Crippen LogP contribution in [0.25, 0.3) is 0 Å². The molecule has 0 radical (unpaired) electrons. The number of hydrogen-bond acceptors (Lipinski definition) is 1. The monoisotopic (exact) mass is 560 g/mol. The summed E-state index contributed by atoms with van der Waals surface area (Å²) in [6.45, 7) is 0. The molecule has 18 heavy (non-hydrogen) atoms. The molecular weight excluding hydrogens is 560 g/mol. The molecule has 94 valence electrons. The normalized spacial score (nSPS) is 10.5. The highest BCUT2D eigenvalue weighted by Gasteiger charge is 2.12. The third-order valence-corrected chi connectivity index (χ3v) is 5.77. The van der Waals surface area contributed by atoms with Gasteiger partial charge in [0.1, 0.15) is 5.75 Å². The van der Waals surface area contributed by atoms with E-state index in [0.29, 0.717) is 0 Å². The predicted octanol–water partition coefficient (Wildman–Crippen LogP) is 7.29. The van der Waals surface area contributed by atoms with E-state index in [9.17, 15) is 0 Å². The van der Waals surface area contributed by atoms with Crippen molar-refractivity contribution in [2.75, 3.05) is 0 Å². The summed E-state index contributed by atoms with van der Waals surface area (Å²) >= 11 is 17.4. The van der Waals surface area contributed by atoms with Crippen molar-refractivity contribution in [3.05, 3.63) is 52.7 Å². The van der Waals surface area contributed by atoms with E-state index < -0.39 is 0 Å². The first-order valence-corrected chi connectivity index (χ1v) is 8.72. The summed E-state index contributed by atoms with van der Waals surface area (Å²) in [5.41, 5.74) is 0. The van der Waals surface area contributed by atoms with Crippen LogP contribution in [0.3, 0.4) is 0 Å². The minimum atomic E-state index is 0.726. The maximum absolute atomic E-state index is 5.93. The first-order chi connectivity index (χ1) is 8.49. The van der Waals surface area contributed by atoms with Gasteiger partial charge in [-0.05, 0) is 88.0 Å². The van der Waals surface area contributed by atoms with Gasteiger partial charge in [-0.3, -0.25) is 0 Å². The van der Waals surface area contributed by atoms with Crippen molar-refractivity contribution in [3.8, 4) is 11.5 Å². The number of benzene rings is 2. The fourth-order valence-electron chi connectivity index (χ4n) is 1.30. The van der Waals surface area contributed by atoms with Gasteiger partial charge in [0.05, 0.1) is 13.4 Å². The van der Waals surface area contributed by atoms with Crippen LogP contribution < -0.4 is 4.74 Å². The van der Waals surface area contributed by atoms with Crippen LogP contribution in [-0.2, 0) is 0 Å². The third-order valence-electron chi connectivity index (χ3n) is 2.09. The zero-order valence-corrected chi connectivity index (χ0v) is 16.6. The van der Waals surface area contributed by atoms with Crippen LogP contribution >= 0.6 is 79.6 Å². The van der Waals surface area contributed by atoms with Gasteiger partial charge in [0.2, 0.25) is 0 Å². The maximum Gasteiger partial charge on any atom is 0.155 e. The van der Waals surface area contributed by atoms with Crippen LogP contribution in [0.4, 0.5) is 0 Å². The fourth-order valence-corrected chi connectivity index (χ4v) is 3.95. The Morgan fingerprint density at radius 2 is 1.39 bits per heavy atom. The lowest BCUT2D eigenvalue weighted by molar-refractivity contribution is 0.473. The first kappa shape index (κ1) is 15.0. The Labute approximate surface area is 147 Å². The zero-order valence-electron chi connectivity index (χ0n) is 8.68. The van der Waals surface area contributed by atoms with Crippen molar-refractivity contribution in [1.82, 2.24) is 0 Å². The molecule has 2 rings (SSSR count). The van der Waals surface area contributed by atoms with Crippen molar-refractivity contribution >= 4 is 79.6 Å². The summed E-state index contributed by atoms with van der Waals surface area (Å²) in [7, 11) is 0. The molecule has 0 amide bonds. The lowest BCUT2D eigenvalue weighted by Gasteiger charge is -2.12. The van der Waals surface area contributed by atoms with E-state index in [-0.39, 0.29) is 0 Å². The molecule has 0 aliphatic rings. The Morgan fingerprint density at radius 3 is 2.00 bits per heavy atom.